The zero-order valence-corrected chi connectivity index (χ0v) is 26.0. The number of aliphatic hydroxyl groups is 1. The van der Waals surface area contributed by atoms with Crippen LogP contribution < -0.4 is 23.8 Å². The maximum atomic E-state index is 15.2. The van der Waals surface area contributed by atoms with E-state index in [1.165, 1.54) is 50.1 Å². The number of likely N-dealkylation sites (tertiary alicyclic amines) is 1. The van der Waals surface area contributed by atoms with E-state index in [0.29, 0.717) is 28.9 Å². The highest BCUT2D eigenvalue weighted by molar-refractivity contribution is 7.82. The molecule has 0 bridgehead atoms. The summed E-state index contributed by atoms with van der Waals surface area (Å²) in [5.74, 6) is -1.21. The first kappa shape index (κ1) is 32.9. The monoisotopic (exact) mass is 652 g/mol. The molecule has 1 atom stereocenters. The third kappa shape index (κ3) is 8.22. The van der Waals surface area contributed by atoms with Gasteiger partial charge in [0.2, 0.25) is 5.91 Å². The van der Waals surface area contributed by atoms with Gasteiger partial charge in [0, 0.05) is 30.3 Å². The molecule has 3 amide bonds. The van der Waals surface area contributed by atoms with Crippen LogP contribution in [0.25, 0.3) is 10.9 Å². The predicted molar refractivity (Wildman–Crippen MR) is 172 cm³/mol. The first-order valence-electron chi connectivity index (χ1n) is 14.8. The van der Waals surface area contributed by atoms with E-state index in [-0.39, 0.29) is 35.8 Å². The lowest BCUT2D eigenvalue weighted by Crippen LogP contribution is -2.39. The van der Waals surface area contributed by atoms with E-state index < -0.39 is 29.7 Å². The van der Waals surface area contributed by atoms with Crippen LogP contribution in [0, 0.1) is 11.6 Å². The van der Waals surface area contributed by atoms with Crippen molar-refractivity contribution in [3.63, 3.8) is 0 Å². The minimum Gasteiger partial charge on any atom is -0.493 e. The van der Waals surface area contributed by atoms with Gasteiger partial charge in [0.05, 0.1) is 24.7 Å². The highest BCUT2D eigenvalue weighted by atomic mass is 32.1. The zero-order valence-electron chi connectivity index (χ0n) is 25.1. The van der Waals surface area contributed by atoms with Crippen LogP contribution in [0.15, 0.2) is 66.9 Å². The van der Waals surface area contributed by atoms with Gasteiger partial charge in [0.1, 0.15) is 24.3 Å². The number of carbonyl (C=O) groups is 2. The topological polar surface area (TPSA) is 113 Å². The van der Waals surface area contributed by atoms with Crippen LogP contribution in [0.4, 0.5) is 19.3 Å². The number of urea groups is 1. The number of carbonyl (C=O) groups excluding carboxylic acids is 2. The number of fused-ring (bicyclic) bond motifs is 1. The van der Waals surface area contributed by atoms with Crippen LogP contribution in [0.2, 0.25) is 0 Å². The molecule has 242 valence electrons. The van der Waals surface area contributed by atoms with Gasteiger partial charge in [-0.05, 0) is 61.8 Å². The Labute approximate surface area is 270 Å². The number of pyridine rings is 1. The van der Waals surface area contributed by atoms with Crippen molar-refractivity contribution in [2.75, 3.05) is 37.7 Å². The molecule has 5 rings (SSSR count). The second-order valence-electron chi connectivity index (χ2n) is 10.8. The number of nitrogens with zero attached hydrogens (tertiary/aromatic N) is 3. The van der Waals surface area contributed by atoms with Crippen molar-refractivity contribution in [1.82, 2.24) is 15.2 Å². The SMILES string of the molecule is COc1cc2c(Oc3ccc(N(S)C(=O)NC(=O)Cc4ccccc4F)cc3F)ccnc2cc1OCC(O)CN1CCCCC1. The van der Waals surface area contributed by atoms with Gasteiger partial charge in [-0.25, -0.2) is 17.9 Å². The minimum atomic E-state index is -0.943. The van der Waals surface area contributed by atoms with Gasteiger partial charge in [-0.15, -0.1) is 0 Å². The number of hydrogen-bond donors (Lipinski definition) is 3. The van der Waals surface area contributed by atoms with Crippen molar-refractivity contribution >= 4 is 41.3 Å². The molecule has 1 unspecified atom stereocenters. The van der Waals surface area contributed by atoms with E-state index in [1.54, 1.807) is 24.3 Å². The average molecular weight is 653 g/mol. The van der Waals surface area contributed by atoms with E-state index in [0.717, 1.165) is 36.3 Å². The molecular formula is C33H34F2N4O6S. The second kappa shape index (κ2) is 15.2. The van der Waals surface area contributed by atoms with Crippen molar-refractivity contribution in [3.8, 4) is 23.0 Å². The summed E-state index contributed by atoms with van der Waals surface area (Å²) < 4.78 is 47.1. The summed E-state index contributed by atoms with van der Waals surface area (Å²) in [7, 11) is 1.49. The zero-order chi connectivity index (χ0) is 32.6. The summed E-state index contributed by atoms with van der Waals surface area (Å²) in [4.78, 5) is 31.4. The number of amides is 3. The Hall–Kier alpha value is -4.46. The van der Waals surface area contributed by atoms with Crippen molar-refractivity contribution in [2.24, 2.45) is 0 Å². The number of methoxy groups -OCH3 is 1. The maximum absolute atomic E-state index is 15.2. The summed E-state index contributed by atoms with van der Waals surface area (Å²) in [5, 5.41) is 13.1. The number of anilines is 1. The number of benzene rings is 3. The fourth-order valence-electron chi connectivity index (χ4n) is 5.14. The smallest absolute Gasteiger partial charge is 0.338 e. The Balaban J connectivity index is 1.24. The summed E-state index contributed by atoms with van der Waals surface area (Å²) in [6.07, 6.45) is 3.94. The molecule has 0 radical (unpaired) electrons. The summed E-state index contributed by atoms with van der Waals surface area (Å²) in [6, 6.07) is 13.4. The van der Waals surface area contributed by atoms with Crippen LogP contribution in [0.1, 0.15) is 24.8 Å². The highest BCUT2D eigenvalue weighted by Gasteiger charge is 2.20. The first-order valence-corrected chi connectivity index (χ1v) is 15.2. The molecule has 1 aliphatic rings. The Morgan fingerprint density at radius 1 is 1.00 bits per heavy atom. The van der Waals surface area contributed by atoms with E-state index in [4.69, 9.17) is 14.2 Å². The van der Waals surface area contributed by atoms with Crippen LogP contribution in [-0.4, -0.2) is 66.4 Å². The molecule has 1 aliphatic heterocycles. The number of aromatic nitrogens is 1. The van der Waals surface area contributed by atoms with Gasteiger partial charge >= 0.3 is 6.03 Å². The third-order valence-electron chi connectivity index (χ3n) is 7.46. The summed E-state index contributed by atoms with van der Waals surface area (Å²) in [5.41, 5.74) is 0.641. The number of imide groups is 1. The molecule has 2 N–H and O–H groups in total. The molecule has 0 aliphatic carbocycles. The van der Waals surface area contributed by atoms with Gasteiger partial charge in [-0.3, -0.25) is 15.1 Å². The molecule has 1 saturated heterocycles. The van der Waals surface area contributed by atoms with Gasteiger partial charge in [-0.2, -0.15) is 0 Å². The molecule has 4 aromatic rings. The van der Waals surface area contributed by atoms with Crippen LogP contribution in [0.3, 0.4) is 0 Å². The fourth-order valence-corrected chi connectivity index (χ4v) is 5.31. The largest absolute Gasteiger partial charge is 0.493 e. The van der Waals surface area contributed by atoms with Gasteiger partial charge in [0.15, 0.2) is 23.1 Å². The number of rotatable bonds is 11. The van der Waals surface area contributed by atoms with Gasteiger partial charge in [-0.1, -0.05) is 37.4 Å². The van der Waals surface area contributed by atoms with Crippen molar-refractivity contribution in [2.45, 2.75) is 31.8 Å². The quantitative estimate of drug-likeness (QED) is 0.178. The van der Waals surface area contributed by atoms with Crippen LogP contribution >= 0.6 is 12.8 Å². The lowest BCUT2D eigenvalue weighted by atomic mass is 10.1. The summed E-state index contributed by atoms with van der Waals surface area (Å²) >= 11 is 4.09. The van der Waals surface area contributed by atoms with Crippen molar-refractivity contribution in [3.05, 3.63) is 84.1 Å². The molecule has 3 aromatic carbocycles. The molecule has 2 heterocycles. The number of β-amino-alcohol motifs (C(OH)–C–C–N with tert-alkyl or cyclic N) is 1. The maximum Gasteiger partial charge on any atom is 0.338 e. The number of ether oxygens (including phenoxy) is 3. The number of thiol groups is 1. The van der Waals surface area contributed by atoms with E-state index >= 15 is 4.39 Å². The number of nitrogens with one attached hydrogen (secondary N) is 1. The number of hydrogen-bond acceptors (Lipinski definition) is 9. The Bertz CT molecular complexity index is 1700. The van der Waals surface area contributed by atoms with Crippen LogP contribution in [-0.2, 0) is 11.2 Å². The lowest BCUT2D eigenvalue weighted by Gasteiger charge is -2.28. The normalized spacial score (nSPS) is 14.0. The third-order valence-corrected chi connectivity index (χ3v) is 7.88. The van der Waals surface area contributed by atoms with Gasteiger partial charge < -0.3 is 24.2 Å². The standard InChI is InChI=1S/C33H34F2N4O6S/c1-43-30-17-24-27(18-31(30)44-20-23(40)19-38-13-5-2-6-14-38)36-12-11-28(24)45-29-10-9-22(16-26(29)35)39(46)33(42)37-32(41)15-21-7-3-4-8-25(21)34/h3-4,7-12,16-18,23,40,46H,2,5-6,13-15,19-20H2,1H3,(H,37,41,42). The summed E-state index contributed by atoms with van der Waals surface area (Å²) in [6.45, 7) is 2.54. The Morgan fingerprint density at radius 2 is 1.78 bits per heavy atom. The molecule has 0 saturated carbocycles. The molecular weight excluding hydrogens is 618 g/mol. The van der Waals surface area contributed by atoms with Crippen LogP contribution in [0.5, 0.6) is 23.0 Å². The highest BCUT2D eigenvalue weighted by Crippen LogP contribution is 2.38. The molecule has 1 fully saturated rings. The predicted octanol–water partition coefficient (Wildman–Crippen LogP) is 5.67. The lowest BCUT2D eigenvalue weighted by molar-refractivity contribution is -0.119. The molecule has 0 spiro atoms. The molecule has 13 heteroatoms. The number of aliphatic hydroxyl groups excluding tert-OH is 1. The number of piperidine rings is 1. The van der Waals surface area contributed by atoms with E-state index in [9.17, 15) is 19.1 Å². The van der Waals surface area contributed by atoms with E-state index in [1.807, 2.05) is 0 Å². The van der Waals surface area contributed by atoms with Crippen molar-refractivity contribution < 1.29 is 37.7 Å². The average Bonchev–Trinajstić information content (AvgIpc) is 3.05. The Kier molecular flexibility index (Phi) is 10.9. The van der Waals surface area contributed by atoms with Crippen molar-refractivity contribution in [1.29, 1.82) is 0 Å². The molecule has 46 heavy (non-hydrogen) atoms. The first-order chi connectivity index (χ1) is 22.2. The molecule has 10 nitrogen and oxygen atoms in total. The second-order valence-corrected chi connectivity index (χ2v) is 11.2. The van der Waals surface area contributed by atoms with Gasteiger partial charge in [0.25, 0.3) is 0 Å². The molecule has 1 aromatic heterocycles. The van der Waals surface area contributed by atoms with E-state index in [2.05, 4.69) is 28.0 Å². The minimum absolute atomic E-state index is 0.0231. The number of halogens is 2. The Morgan fingerprint density at radius 3 is 2.52 bits per heavy atom. The fraction of sp³-hybridized carbons (Fsp3) is 0.303.